The summed E-state index contributed by atoms with van der Waals surface area (Å²) in [6.07, 6.45) is 1.36. The third-order valence-corrected chi connectivity index (χ3v) is 2.81. The van der Waals surface area contributed by atoms with Crippen LogP contribution in [-0.4, -0.2) is 25.7 Å². The van der Waals surface area contributed by atoms with Gasteiger partial charge in [-0.05, 0) is 30.3 Å². The SMILES string of the molecule is COc1cc(C=O)ccc1OC(=O)c1ccc(C=O)cc1. The van der Waals surface area contributed by atoms with Crippen LogP contribution in [0.1, 0.15) is 31.1 Å². The van der Waals surface area contributed by atoms with E-state index in [2.05, 4.69) is 0 Å². The number of hydrogen-bond acceptors (Lipinski definition) is 5. The van der Waals surface area contributed by atoms with E-state index in [4.69, 9.17) is 9.47 Å². The molecule has 0 unspecified atom stereocenters. The van der Waals surface area contributed by atoms with Gasteiger partial charge in [0.1, 0.15) is 12.6 Å². The first kappa shape index (κ1) is 14.5. The van der Waals surface area contributed by atoms with Crippen molar-refractivity contribution in [1.29, 1.82) is 0 Å². The third-order valence-electron chi connectivity index (χ3n) is 2.81. The molecule has 5 nitrogen and oxygen atoms in total. The molecular weight excluding hydrogens is 272 g/mol. The molecule has 106 valence electrons. The van der Waals surface area contributed by atoms with Crippen LogP contribution in [0.3, 0.4) is 0 Å². The summed E-state index contributed by atoms with van der Waals surface area (Å²) in [5, 5.41) is 0. The zero-order chi connectivity index (χ0) is 15.2. The molecule has 0 amide bonds. The van der Waals surface area contributed by atoms with E-state index in [-0.39, 0.29) is 11.5 Å². The first-order chi connectivity index (χ1) is 10.2. The van der Waals surface area contributed by atoms with E-state index in [1.165, 1.54) is 49.6 Å². The van der Waals surface area contributed by atoms with Gasteiger partial charge in [-0.1, -0.05) is 12.1 Å². The normalized spacial score (nSPS) is 9.76. The molecule has 0 radical (unpaired) electrons. The van der Waals surface area contributed by atoms with Gasteiger partial charge in [0.25, 0.3) is 0 Å². The van der Waals surface area contributed by atoms with Crippen LogP contribution in [0.2, 0.25) is 0 Å². The van der Waals surface area contributed by atoms with Crippen LogP contribution in [-0.2, 0) is 0 Å². The highest BCUT2D eigenvalue weighted by Crippen LogP contribution is 2.28. The van der Waals surface area contributed by atoms with Crippen LogP contribution >= 0.6 is 0 Å². The summed E-state index contributed by atoms with van der Waals surface area (Å²) in [6, 6.07) is 10.5. The van der Waals surface area contributed by atoms with E-state index >= 15 is 0 Å². The first-order valence-electron chi connectivity index (χ1n) is 6.08. The fourth-order valence-corrected chi connectivity index (χ4v) is 1.70. The van der Waals surface area contributed by atoms with E-state index < -0.39 is 5.97 Å². The number of esters is 1. The predicted molar refractivity (Wildman–Crippen MR) is 75.2 cm³/mol. The summed E-state index contributed by atoms with van der Waals surface area (Å²) >= 11 is 0. The molecule has 0 heterocycles. The Morgan fingerprint density at radius 1 is 0.905 bits per heavy atom. The minimum Gasteiger partial charge on any atom is -0.493 e. The van der Waals surface area contributed by atoms with Crippen LogP contribution in [0.25, 0.3) is 0 Å². The molecule has 0 fully saturated rings. The Morgan fingerprint density at radius 2 is 1.52 bits per heavy atom. The van der Waals surface area contributed by atoms with Crippen LogP contribution in [0.15, 0.2) is 42.5 Å². The van der Waals surface area contributed by atoms with Crippen molar-refractivity contribution < 1.29 is 23.9 Å². The topological polar surface area (TPSA) is 69.7 Å². The van der Waals surface area contributed by atoms with Crippen molar-refractivity contribution in [2.24, 2.45) is 0 Å². The molecule has 2 aromatic carbocycles. The lowest BCUT2D eigenvalue weighted by atomic mass is 10.1. The van der Waals surface area contributed by atoms with Gasteiger partial charge in [0, 0.05) is 11.1 Å². The number of methoxy groups -OCH3 is 1. The molecule has 0 atom stereocenters. The van der Waals surface area contributed by atoms with Gasteiger partial charge < -0.3 is 9.47 Å². The summed E-state index contributed by atoms with van der Waals surface area (Å²) in [4.78, 5) is 33.3. The Kier molecular flexibility index (Phi) is 4.46. The fourth-order valence-electron chi connectivity index (χ4n) is 1.70. The van der Waals surface area contributed by atoms with Crippen LogP contribution in [0.5, 0.6) is 11.5 Å². The maximum Gasteiger partial charge on any atom is 0.343 e. The molecule has 0 aliphatic rings. The molecule has 0 saturated carbocycles. The minimum atomic E-state index is -0.579. The number of benzene rings is 2. The lowest BCUT2D eigenvalue weighted by Crippen LogP contribution is -2.09. The van der Waals surface area contributed by atoms with E-state index in [1.54, 1.807) is 0 Å². The van der Waals surface area contributed by atoms with Gasteiger partial charge in [-0.15, -0.1) is 0 Å². The van der Waals surface area contributed by atoms with E-state index in [9.17, 15) is 14.4 Å². The van der Waals surface area contributed by atoms with E-state index in [1.807, 2.05) is 0 Å². The van der Waals surface area contributed by atoms with Crippen LogP contribution in [0.4, 0.5) is 0 Å². The predicted octanol–water partition coefficient (Wildman–Crippen LogP) is 2.54. The Hall–Kier alpha value is -2.95. The van der Waals surface area contributed by atoms with Gasteiger partial charge in [-0.2, -0.15) is 0 Å². The quantitative estimate of drug-likeness (QED) is 0.479. The van der Waals surface area contributed by atoms with E-state index in [0.29, 0.717) is 29.3 Å². The molecule has 0 aliphatic heterocycles. The van der Waals surface area contributed by atoms with Gasteiger partial charge in [0.15, 0.2) is 11.5 Å². The average Bonchev–Trinajstić information content (AvgIpc) is 2.55. The summed E-state index contributed by atoms with van der Waals surface area (Å²) in [7, 11) is 1.42. The van der Waals surface area contributed by atoms with Crippen LogP contribution in [0, 0.1) is 0 Å². The van der Waals surface area contributed by atoms with Crippen molar-refractivity contribution in [2.45, 2.75) is 0 Å². The van der Waals surface area contributed by atoms with Gasteiger partial charge in [-0.3, -0.25) is 9.59 Å². The fraction of sp³-hybridized carbons (Fsp3) is 0.0625. The van der Waals surface area contributed by atoms with Gasteiger partial charge >= 0.3 is 5.97 Å². The molecule has 2 aromatic rings. The maximum atomic E-state index is 12.0. The second-order valence-corrected chi connectivity index (χ2v) is 4.16. The second kappa shape index (κ2) is 6.47. The number of ether oxygens (including phenoxy) is 2. The highest BCUT2D eigenvalue weighted by atomic mass is 16.6. The largest absolute Gasteiger partial charge is 0.493 e. The number of carbonyl (C=O) groups is 3. The highest BCUT2D eigenvalue weighted by Gasteiger charge is 2.12. The molecular formula is C16H12O5. The van der Waals surface area contributed by atoms with Crippen LogP contribution < -0.4 is 9.47 Å². The zero-order valence-electron chi connectivity index (χ0n) is 11.2. The molecule has 21 heavy (non-hydrogen) atoms. The molecule has 0 spiro atoms. The Labute approximate surface area is 121 Å². The van der Waals surface area contributed by atoms with Crippen molar-refractivity contribution in [3.63, 3.8) is 0 Å². The standard InChI is InChI=1S/C16H12O5/c1-20-15-8-12(10-18)4-7-14(15)21-16(19)13-5-2-11(9-17)3-6-13/h2-10H,1H3. The second-order valence-electron chi connectivity index (χ2n) is 4.16. The molecule has 0 saturated heterocycles. The third kappa shape index (κ3) is 3.33. The minimum absolute atomic E-state index is 0.215. The Bertz CT molecular complexity index is 674. The van der Waals surface area contributed by atoms with Gasteiger partial charge in [-0.25, -0.2) is 4.79 Å². The molecule has 0 aromatic heterocycles. The lowest BCUT2D eigenvalue weighted by molar-refractivity contribution is 0.0729. The van der Waals surface area contributed by atoms with Crippen molar-refractivity contribution >= 4 is 18.5 Å². The summed E-state index contributed by atoms with van der Waals surface area (Å²) < 4.78 is 10.3. The van der Waals surface area contributed by atoms with Crippen molar-refractivity contribution in [3.8, 4) is 11.5 Å². The zero-order valence-corrected chi connectivity index (χ0v) is 11.2. The Balaban J connectivity index is 2.22. The number of carbonyl (C=O) groups excluding carboxylic acids is 3. The smallest absolute Gasteiger partial charge is 0.343 e. The maximum absolute atomic E-state index is 12.0. The Morgan fingerprint density at radius 3 is 2.10 bits per heavy atom. The molecule has 0 N–H and O–H groups in total. The number of rotatable bonds is 5. The molecule has 2 rings (SSSR count). The average molecular weight is 284 g/mol. The summed E-state index contributed by atoms with van der Waals surface area (Å²) in [5.74, 6) is -0.0744. The first-order valence-corrected chi connectivity index (χ1v) is 6.08. The molecule has 0 bridgehead atoms. The van der Waals surface area contributed by atoms with Crippen molar-refractivity contribution in [2.75, 3.05) is 7.11 Å². The lowest BCUT2D eigenvalue weighted by Gasteiger charge is -2.09. The molecule has 0 aliphatic carbocycles. The molecule has 5 heteroatoms. The summed E-state index contributed by atoms with van der Waals surface area (Å²) in [6.45, 7) is 0. The highest BCUT2D eigenvalue weighted by molar-refractivity contribution is 5.92. The van der Waals surface area contributed by atoms with Gasteiger partial charge in [0.05, 0.1) is 12.7 Å². The summed E-state index contributed by atoms with van der Waals surface area (Å²) in [5.41, 5.74) is 1.20. The van der Waals surface area contributed by atoms with Crippen molar-refractivity contribution in [3.05, 3.63) is 59.2 Å². The van der Waals surface area contributed by atoms with E-state index in [0.717, 1.165) is 0 Å². The van der Waals surface area contributed by atoms with Gasteiger partial charge in [0.2, 0.25) is 0 Å². The number of hydrogen-bond donors (Lipinski definition) is 0. The monoisotopic (exact) mass is 284 g/mol. The number of aldehydes is 2. The van der Waals surface area contributed by atoms with Crippen molar-refractivity contribution in [1.82, 2.24) is 0 Å².